The van der Waals surface area contributed by atoms with Crippen LogP contribution in [0.25, 0.3) is 0 Å². The summed E-state index contributed by atoms with van der Waals surface area (Å²) in [6.07, 6.45) is 1.86. The van der Waals surface area contributed by atoms with E-state index >= 15 is 0 Å². The summed E-state index contributed by atoms with van der Waals surface area (Å²) in [6, 6.07) is 11.0. The highest BCUT2D eigenvalue weighted by atomic mass is 15.3. The monoisotopic (exact) mass is 243 g/mol. The Hall–Kier alpha value is -1.61. The van der Waals surface area contributed by atoms with Gasteiger partial charge in [0.2, 0.25) is 0 Å². The largest absolute Gasteiger partial charge is 0.305 e. The highest BCUT2D eigenvalue weighted by Crippen LogP contribution is 2.12. The van der Waals surface area contributed by atoms with Gasteiger partial charge >= 0.3 is 0 Å². The lowest BCUT2D eigenvalue weighted by Gasteiger charge is -2.15. The second kappa shape index (κ2) is 5.83. The first-order chi connectivity index (χ1) is 8.70. The van der Waals surface area contributed by atoms with Crippen LogP contribution in [-0.4, -0.2) is 9.78 Å². The molecule has 0 aliphatic rings. The van der Waals surface area contributed by atoms with Crippen molar-refractivity contribution in [3.8, 4) is 0 Å². The third-order valence-corrected chi connectivity index (χ3v) is 3.23. The van der Waals surface area contributed by atoms with Gasteiger partial charge in [0.15, 0.2) is 0 Å². The number of aryl methyl sites for hydroxylation is 2. The fourth-order valence-electron chi connectivity index (χ4n) is 2.06. The van der Waals surface area contributed by atoms with Crippen LogP contribution in [0.5, 0.6) is 0 Å². The first kappa shape index (κ1) is 12.8. The average Bonchev–Trinajstić information content (AvgIpc) is 2.86. The van der Waals surface area contributed by atoms with Gasteiger partial charge in [-0.1, -0.05) is 29.8 Å². The highest BCUT2D eigenvalue weighted by Gasteiger charge is 2.09. The first-order valence-electron chi connectivity index (χ1n) is 6.51. The molecule has 96 valence electrons. The van der Waals surface area contributed by atoms with E-state index in [1.807, 2.05) is 10.9 Å². The molecule has 3 nitrogen and oxygen atoms in total. The zero-order valence-electron chi connectivity index (χ0n) is 11.4. The van der Waals surface area contributed by atoms with Crippen LogP contribution in [0.4, 0.5) is 0 Å². The molecule has 1 N–H and O–H groups in total. The van der Waals surface area contributed by atoms with Crippen molar-refractivity contribution in [2.24, 2.45) is 0 Å². The summed E-state index contributed by atoms with van der Waals surface area (Å²) in [5, 5.41) is 7.83. The third-order valence-electron chi connectivity index (χ3n) is 3.23. The fourth-order valence-corrected chi connectivity index (χ4v) is 2.06. The molecular weight excluding hydrogens is 222 g/mol. The van der Waals surface area contributed by atoms with Crippen molar-refractivity contribution in [3.05, 3.63) is 53.3 Å². The maximum Gasteiger partial charge on any atom is 0.0550 e. The average molecular weight is 243 g/mol. The van der Waals surface area contributed by atoms with Gasteiger partial charge in [-0.25, -0.2) is 0 Å². The number of hydrogen-bond donors (Lipinski definition) is 1. The molecule has 1 aromatic heterocycles. The lowest BCUT2D eigenvalue weighted by atomic mass is 10.1. The van der Waals surface area contributed by atoms with Gasteiger partial charge in [-0.2, -0.15) is 5.10 Å². The number of hydrogen-bond acceptors (Lipinski definition) is 2. The summed E-state index contributed by atoms with van der Waals surface area (Å²) >= 11 is 0. The molecule has 0 fully saturated rings. The standard InChI is InChI=1S/C15H21N3/c1-4-18-15(9-10-17-18)13(3)16-11-14-7-5-12(2)6-8-14/h5-10,13,16H,4,11H2,1-3H3. The maximum absolute atomic E-state index is 4.30. The summed E-state index contributed by atoms with van der Waals surface area (Å²) in [4.78, 5) is 0. The van der Waals surface area contributed by atoms with Crippen LogP contribution in [-0.2, 0) is 13.1 Å². The lowest BCUT2D eigenvalue weighted by molar-refractivity contribution is 0.509. The molecule has 18 heavy (non-hydrogen) atoms. The van der Waals surface area contributed by atoms with Crippen LogP contribution in [0.2, 0.25) is 0 Å². The molecule has 2 aromatic rings. The van der Waals surface area contributed by atoms with E-state index < -0.39 is 0 Å². The number of rotatable bonds is 5. The second-order valence-electron chi connectivity index (χ2n) is 4.66. The molecule has 0 aliphatic heterocycles. The topological polar surface area (TPSA) is 29.9 Å². The van der Waals surface area contributed by atoms with Crippen molar-refractivity contribution in [2.45, 2.75) is 39.9 Å². The Morgan fingerprint density at radius 3 is 2.61 bits per heavy atom. The molecule has 0 radical (unpaired) electrons. The van der Waals surface area contributed by atoms with E-state index in [4.69, 9.17) is 0 Å². The van der Waals surface area contributed by atoms with Crippen molar-refractivity contribution in [3.63, 3.8) is 0 Å². The quantitative estimate of drug-likeness (QED) is 0.874. The molecule has 2 rings (SSSR count). The minimum Gasteiger partial charge on any atom is -0.305 e. The molecule has 0 saturated carbocycles. The molecule has 1 unspecified atom stereocenters. The SMILES string of the molecule is CCn1nccc1C(C)NCc1ccc(C)cc1. The van der Waals surface area contributed by atoms with Crippen LogP contribution < -0.4 is 5.32 Å². The molecule has 0 bridgehead atoms. The van der Waals surface area contributed by atoms with E-state index in [1.54, 1.807) is 0 Å². The predicted octanol–water partition coefficient (Wildman–Crippen LogP) is 3.06. The first-order valence-corrected chi connectivity index (χ1v) is 6.51. The number of aromatic nitrogens is 2. The zero-order valence-corrected chi connectivity index (χ0v) is 11.4. The summed E-state index contributed by atoms with van der Waals surface area (Å²) in [6.45, 7) is 8.20. The third kappa shape index (κ3) is 2.99. The Balaban J connectivity index is 1.96. The smallest absolute Gasteiger partial charge is 0.0550 e. The molecule has 0 aliphatic carbocycles. The van der Waals surface area contributed by atoms with E-state index in [0.29, 0.717) is 6.04 Å². The number of nitrogens with zero attached hydrogens (tertiary/aromatic N) is 2. The van der Waals surface area contributed by atoms with Gasteiger partial charge in [0, 0.05) is 25.3 Å². The summed E-state index contributed by atoms with van der Waals surface area (Å²) in [5.74, 6) is 0. The van der Waals surface area contributed by atoms with Crippen molar-refractivity contribution in [2.75, 3.05) is 0 Å². The van der Waals surface area contributed by atoms with Gasteiger partial charge in [0.1, 0.15) is 0 Å². The molecule has 0 spiro atoms. The Morgan fingerprint density at radius 2 is 1.94 bits per heavy atom. The second-order valence-corrected chi connectivity index (χ2v) is 4.66. The zero-order chi connectivity index (χ0) is 13.0. The van der Waals surface area contributed by atoms with Crippen LogP contribution >= 0.6 is 0 Å². The van der Waals surface area contributed by atoms with Crippen molar-refractivity contribution in [1.29, 1.82) is 0 Å². The Morgan fingerprint density at radius 1 is 1.22 bits per heavy atom. The predicted molar refractivity (Wildman–Crippen MR) is 74.3 cm³/mol. The number of nitrogens with one attached hydrogen (secondary N) is 1. The van der Waals surface area contributed by atoms with Crippen LogP contribution in [0.15, 0.2) is 36.5 Å². The number of benzene rings is 1. The minimum atomic E-state index is 0.314. The molecule has 1 aromatic carbocycles. The summed E-state index contributed by atoms with van der Waals surface area (Å²) in [5.41, 5.74) is 3.86. The normalized spacial score (nSPS) is 12.6. The fraction of sp³-hybridized carbons (Fsp3) is 0.400. The van der Waals surface area contributed by atoms with Crippen LogP contribution in [0.3, 0.4) is 0 Å². The van der Waals surface area contributed by atoms with Crippen molar-refractivity contribution >= 4 is 0 Å². The van der Waals surface area contributed by atoms with E-state index in [0.717, 1.165) is 13.1 Å². The minimum absolute atomic E-state index is 0.314. The van der Waals surface area contributed by atoms with Crippen molar-refractivity contribution in [1.82, 2.24) is 15.1 Å². The van der Waals surface area contributed by atoms with Gasteiger partial charge in [0.05, 0.1) is 5.69 Å². The Labute approximate surface area is 109 Å². The van der Waals surface area contributed by atoms with Gasteiger partial charge in [0.25, 0.3) is 0 Å². The highest BCUT2D eigenvalue weighted by molar-refractivity contribution is 5.21. The van der Waals surface area contributed by atoms with Gasteiger partial charge in [-0.15, -0.1) is 0 Å². The maximum atomic E-state index is 4.30. The van der Waals surface area contributed by atoms with Gasteiger partial charge in [-0.3, -0.25) is 4.68 Å². The van der Waals surface area contributed by atoms with E-state index in [1.165, 1.54) is 16.8 Å². The van der Waals surface area contributed by atoms with E-state index in [9.17, 15) is 0 Å². The van der Waals surface area contributed by atoms with Crippen LogP contribution in [0.1, 0.15) is 36.7 Å². The molecule has 1 heterocycles. The summed E-state index contributed by atoms with van der Waals surface area (Å²) < 4.78 is 2.03. The van der Waals surface area contributed by atoms with Gasteiger partial charge in [-0.05, 0) is 32.4 Å². The van der Waals surface area contributed by atoms with E-state index in [-0.39, 0.29) is 0 Å². The molecular formula is C15H21N3. The Kier molecular flexibility index (Phi) is 4.15. The summed E-state index contributed by atoms with van der Waals surface area (Å²) in [7, 11) is 0. The molecule has 0 saturated heterocycles. The molecule has 0 amide bonds. The molecule has 3 heteroatoms. The molecule has 1 atom stereocenters. The lowest BCUT2D eigenvalue weighted by Crippen LogP contribution is -2.21. The Bertz CT molecular complexity index is 485. The van der Waals surface area contributed by atoms with Crippen LogP contribution in [0, 0.1) is 6.92 Å². The van der Waals surface area contributed by atoms with E-state index in [2.05, 4.69) is 61.5 Å². The van der Waals surface area contributed by atoms with Crippen molar-refractivity contribution < 1.29 is 0 Å². The van der Waals surface area contributed by atoms with Gasteiger partial charge < -0.3 is 5.32 Å².